The number of rotatable bonds is 21. The van der Waals surface area contributed by atoms with E-state index < -0.39 is 96.3 Å². The van der Waals surface area contributed by atoms with Crippen LogP contribution in [0.15, 0.2) is 0 Å². The van der Waals surface area contributed by atoms with Gasteiger partial charge in [-0.05, 0) is 12.8 Å². The van der Waals surface area contributed by atoms with Crippen LogP contribution >= 0.6 is 21.6 Å². The molecule has 0 aliphatic carbocycles. The second-order valence-electron chi connectivity index (χ2n) is 8.02. The second-order valence-corrected chi connectivity index (χ2v) is 10.7. The summed E-state index contributed by atoms with van der Waals surface area (Å²) in [5.74, 6) is -8.23. The predicted octanol–water partition coefficient (Wildman–Crippen LogP) is -3.18. The Labute approximate surface area is 235 Å². The van der Waals surface area contributed by atoms with Crippen molar-refractivity contribution in [3.8, 4) is 0 Å². The highest BCUT2D eigenvalue weighted by Crippen LogP contribution is 2.32. The van der Waals surface area contributed by atoms with Crippen molar-refractivity contribution in [2.45, 2.75) is 61.4 Å². The van der Waals surface area contributed by atoms with Gasteiger partial charge in [0, 0.05) is 12.8 Å². The third-order valence-electron chi connectivity index (χ3n) is 4.55. The minimum atomic E-state index is -1.33. The van der Waals surface area contributed by atoms with Crippen molar-refractivity contribution >= 4 is 69.1 Å². The molecule has 0 aromatic carbocycles. The molecular formula is C20H32N6O12S2. The zero-order chi connectivity index (χ0) is 30.8. The molecule has 0 fully saturated rings. The molecule has 226 valence electrons. The number of carboxylic acids is 4. The molecule has 12 N–H and O–H groups in total. The van der Waals surface area contributed by atoms with E-state index in [2.05, 4.69) is 21.3 Å². The van der Waals surface area contributed by atoms with E-state index in [-0.39, 0.29) is 25.7 Å². The number of nitrogens with one attached hydrogen (secondary N) is 4. The Morgan fingerprint density at radius 1 is 0.575 bits per heavy atom. The molecule has 0 radical (unpaired) electrons. The van der Waals surface area contributed by atoms with E-state index in [1.807, 2.05) is 0 Å². The molecular weight excluding hydrogens is 580 g/mol. The summed E-state index contributed by atoms with van der Waals surface area (Å²) in [5.41, 5.74) is 10.7. The standard InChI is InChI=1S/C20H32N6O12S2/c21-9(19(35)36)1-3-11(27)25-15(5-13(29)23-7-17(31)32)39-40-16(6-14(30)24-8-18(33)34)26-12(28)4-2-10(22)20(37)38/h9-10,15-16H,1-8,21-22H2,(H,23,29)(H,24,30)(H,25,27)(H,26,28)(H,31,32)(H,33,34)(H,35,36)(H,37,38)/t9-,10-,15-,16-/m0/s1. The number of amides is 4. The van der Waals surface area contributed by atoms with Crippen molar-refractivity contribution in [3.63, 3.8) is 0 Å². The number of hydrogen-bond donors (Lipinski definition) is 10. The molecule has 40 heavy (non-hydrogen) atoms. The SMILES string of the molecule is N[C@@H](CCC(=O)N[C@H](CC(=O)NCC(=O)O)SS[C@@H](CC(=O)NCC(=O)O)NC(=O)CC[C@H](N)C(=O)O)C(=O)O. The smallest absolute Gasteiger partial charge is 0.322 e. The molecule has 0 aliphatic heterocycles. The van der Waals surface area contributed by atoms with E-state index in [1.165, 1.54) is 0 Å². The van der Waals surface area contributed by atoms with Crippen LogP contribution < -0.4 is 32.7 Å². The highest BCUT2D eigenvalue weighted by atomic mass is 33.1. The zero-order valence-corrected chi connectivity index (χ0v) is 22.6. The molecule has 0 bridgehead atoms. The summed E-state index contributed by atoms with van der Waals surface area (Å²) in [6.45, 7) is -1.41. The first kappa shape index (κ1) is 36.4. The van der Waals surface area contributed by atoms with Crippen LogP contribution in [0.3, 0.4) is 0 Å². The molecule has 0 aromatic heterocycles. The number of hydrogen-bond acceptors (Lipinski definition) is 12. The van der Waals surface area contributed by atoms with Crippen molar-refractivity contribution in [1.29, 1.82) is 0 Å². The van der Waals surface area contributed by atoms with Crippen LogP contribution in [-0.4, -0.2) is 104 Å². The van der Waals surface area contributed by atoms with Crippen molar-refractivity contribution in [3.05, 3.63) is 0 Å². The van der Waals surface area contributed by atoms with E-state index in [4.69, 9.17) is 31.9 Å². The molecule has 18 nitrogen and oxygen atoms in total. The largest absolute Gasteiger partial charge is 0.480 e. The average molecular weight is 613 g/mol. The van der Waals surface area contributed by atoms with E-state index in [0.717, 1.165) is 21.6 Å². The third-order valence-corrected chi connectivity index (χ3v) is 7.42. The Balaban J connectivity index is 5.46. The van der Waals surface area contributed by atoms with Crippen LogP contribution in [0.1, 0.15) is 38.5 Å². The van der Waals surface area contributed by atoms with Crippen LogP contribution in [0.2, 0.25) is 0 Å². The van der Waals surface area contributed by atoms with Crippen molar-refractivity contribution in [2.24, 2.45) is 11.5 Å². The summed E-state index contributed by atoms with van der Waals surface area (Å²) in [6, 6.07) is -2.63. The Bertz CT molecular complexity index is 879. The Kier molecular flexibility index (Phi) is 17.7. The van der Waals surface area contributed by atoms with Crippen LogP contribution in [-0.2, 0) is 38.4 Å². The zero-order valence-electron chi connectivity index (χ0n) is 21.0. The predicted molar refractivity (Wildman–Crippen MR) is 139 cm³/mol. The summed E-state index contributed by atoms with van der Waals surface area (Å²) in [6.07, 6.45) is -2.02. The lowest BCUT2D eigenvalue weighted by Gasteiger charge is -2.22. The molecule has 4 atom stereocenters. The highest BCUT2D eigenvalue weighted by Gasteiger charge is 2.24. The molecule has 0 aliphatic rings. The first-order chi connectivity index (χ1) is 18.6. The highest BCUT2D eigenvalue weighted by molar-refractivity contribution is 8.77. The maximum Gasteiger partial charge on any atom is 0.322 e. The Morgan fingerprint density at radius 2 is 0.900 bits per heavy atom. The summed E-state index contributed by atoms with van der Waals surface area (Å²) in [4.78, 5) is 92.1. The van der Waals surface area contributed by atoms with Crippen LogP contribution in [0.5, 0.6) is 0 Å². The third kappa shape index (κ3) is 18.6. The van der Waals surface area contributed by atoms with Crippen LogP contribution in [0.25, 0.3) is 0 Å². The van der Waals surface area contributed by atoms with Crippen LogP contribution in [0, 0.1) is 0 Å². The summed E-state index contributed by atoms with van der Waals surface area (Å²) < 4.78 is 0. The molecule has 0 saturated carbocycles. The lowest BCUT2D eigenvalue weighted by molar-refractivity contribution is -0.140. The molecule has 0 heterocycles. The van der Waals surface area contributed by atoms with Crippen molar-refractivity contribution < 1.29 is 58.8 Å². The quantitative estimate of drug-likeness (QED) is 0.0451. The normalized spacial score (nSPS) is 13.6. The van der Waals surface area contributed by atoms with Gasteiger partial charge in [0.05, 0.1) is 23.6 Å². The van der Waals surface area contributed by atoms with Gasteiger partial charge in [-0.25, -0.2) is 0 Å². The molecule has 0 aromatic rings. The second kappa shape index (κ2) is 19.4. The molecule has 0 rings (SSSR count). The number of nitrogens with two attached hydrogens (primary N) is 2. The van der Waals surface area contributed by atoms with Gasteiger partial charge in [-0.15, -0.1) is 0 Å². The molecule has 0 spiro atoms. The minimum absolute atomic E-state index is 0.224. The fraction of sp³-hybridized carbons (Fsp3) is 0.600. The first-order valence-electron chi connectivity index (χ1n) is 11.4. The molecule has 4 amide bonds. The number of aliphatic carboxylic acids is 4. The molecule has 20 heteroatoms. The van der Waals surface area contributed by atoms with Gasteiger partial charge in [-0.2, -0.15) is 0 Å². The monoisotopic (exact) mass is 612 g/mol. The van der Waals surface area contributed by atoms with Gasteiger partial charge in [-0.3, -0.25) is 38.4 Å². The van der Waals surface area contributed by atoms with Gasteiger partial charge < -0.3 is 53.2 Å². The molecule has 0 saturated heterocycles. The van der Waals surface area contributed by atoms with Gasteiger partial charge in [0.2, 0.25) is 23.6 Å². The Hall–Kier alpha value is -3.62. The number of carbonyl (C=O) groups excluding carboxylic acids is 4. The van der Waals surface area contributed by atoms with E-state index in [1.54, 1.807) is 0 Å². The van der Waals surface area contributed by atoms with Crippen molar-refractivity contribution in [1.82, 2.24) is 21.3 Å². The lowest BCUT2D eigenvalue weighted by Crippen LogP contribution is -2.41. The topological polar surface area (TPSA) is 318 Å². The van der Waals surface area contributed by atoms with E-state index in [9.17, 15) is 38.4 Å². The fourth-order valence-corrected chi connectivity index (χ4v) is 5.07. The van der Waals surface area contributed by atoms with Gasteiger partial charge in [0.1, 0.15) is 25.2 Å². The van der Waals surface area contributed by atoms with E-state index >= 15 is 0 Å². The summed E-state index contributed by atoms with van der Waals surface area (Å²) in [5, 5.41) is 42.2. The summed E-state index contributed by atoms with van der Waals surface area (Å²) in [7, 11) is 1.60. The number of carboxylic acid groups (broad SMARTS) is 4. The maximum atomic E-state index is 12.3. The van der Waals surface area contributed by atoms with E-state index in [0.29, 0.717) is 0 Å². The number of carbonyl (C=O) groups is 8. The maximum absolute atomic E-state index is 12.3. The first-order valence-corrected chi connectivity index (χ1v) is 13.7. The van der Waals surface area contributed by atoms with Gasteiger partial charge in [-0.1, -0.05) is 21.6 Å². The summed E-state index contributed by atoms with van der Waals surface area (Å²) >= 11 is 0. The van der Waals surface area contributed by atoms with Gasteiger partial charge >= 0.3 is 23.9 Å². The average Bonchev–Trinajstić information content (AvgIpc) is 2.86. The lowest BCUT2D eigenvalue weighted by atomic mass is 10.1. The minimum Gasteiger partial charge on any atom is -0.480 e. The van der Waals surface area contributed by atoms with Crippen molar-refractivity contribution in [2.75, 3.05) is 13.1 Å². The fourth-order valence-electron chi connectivity index (χ4n) is 2.51. The molecule has 0 unspecified atom stereocenters. The van der Waals surface area contributed by atoms with Gasteiger partial charge in [0.25, 0.3) is 0 Å². The Morgan fingerprint density at radius 3 is 1.18 bits per heavy atom. The van der Waals surface area contributed by atoms with Gasteiger partial charge in [0.15, 0.2) is 0 Å². The van der Waals surface area contributed by atoms with Crippen LogP contribution in [0.4, 0.5) is 0 Å².